The van der Waals surface area contributed by atoms with Gasteiger partial charge in [0.2, 0.25) is 11.8 Å². The number of halogens is 4. The van der Waals surface area contributed by atoms with Gasteiger partial charge in [0, 0.05) is 18.1 Å². The molecule has 3 aromatic carbocycles. The van der Waals surface area contributed by atoms with E-state index in [9.17, 15) is 31.2 Å². The maximum absolute atomic E-state index is 13.9. The molecule has 7 nitrogen and oxygen atoms in total. The number of carbonyl (C=O) groups excluding carboxylic acids is 2. The van der Waals surface area contributed by atoms with Crippen LogP contribution in [0.15, 0.2) is 83.8 Å². The second-order valence-corrected chi connectivity index (χ2v) is 12.1. The molecule has 1 atom stereocenters. The van der Waals surface area contributed by atoms with E-state index in [2.05, 4.69) is 5.32 Å². The molecule has 0 saturated heterocycles. The van der Waals surface area contributed by atoms with Crippen LogP contribution in [-0.2, 0) is 32.3 Å². The lowest BCUT2D eigenvalue weighted by Crippen LogP contribution is -2.51. The van der Waals surface area contributed by atoms with Crippen molar-refractivity contribution in [2.45, 2.75) is 44.4 Å². The molecular weight excluding hydrogens is 579 g/mol. The average Bonchev–Trinajstić information content (AvgIpc) is 2.93. The Morgan fingerprint density at radius 3 is 2.17 bits per heavy atom. The summed E-state index contributed by atoms with van der Waals surface area (Å²) in [6, 6.07) is 16.4. The van der Waals surface area contributed by atoms with Crippen molar-refractivity contribution in [2.24, 2.45) is 5.92 Å². The van der Waals surface area contributed by atoms with Gasteiger partial charge in [-0.25, -0.2) is 8.42 Å². The van der Waals surface area contributed by atoms with Crippen LogP contribution in [0.2, 0.25) is 5.02 Å². The highest BCUT2D eigenvalue weighted by Crippen LogP contribution is 2.33. The molecule has 0 bridgehead atoms. The Balaban J connectivity index is 2.07. The molecule has 1 N–H and O–H groups in total. The molecule has 0 spiro atoms. The predicted octanol–water partition coefficient (Wildman–Crippen LogP) is 5.74. The normalized spacial score (nSPS) is 12.6. The number of nitrogens with zero attached hydrogens (tertiary/aromatic N) is 2. The molecule has 220 valence electrons. The molecule has 0 radical (unpaired) electrons. The molecule has 0 unspecified atom stereocenters. The third kappa shape index (κ3) is 8.23. The fraction of sp³-hybridized carbons (Fsp3) is 0.310. The van der Waals surface area contributed by atoms with Crippen molar-refractivity contribution >= 4 is 39.1 Å². The van der Waals surface area contributed by atoms with Crippen LogP contribution in [0.4, 0.5) is 18.9 Å². The molecule has 41 heavy (non-hydrogen) atoms. The summed E-state index contributed by atoms with van der Waals surface area (Å²) < 4.78 is 68.7. The first-order valence-corrected chi connectivity index (χ1v) is 14.6. The van der Waals surface area contributed by atoms with Crippen LogP contribution in [0.25, 0.3) is 0 Å². The molecule has 3 aromatic rings. The lowest BCUT2D eigenvalue weighted by atomic mass is 10.1. The summed E-state index contributed by atoms with van der Waals surface area (Å²) in [6.45, 7) is 4.63. The molecule has 0 aromatic heterocycles. The molecule has 2 amide bonds. The summed E-state index contributed by atoms with van der Waals surface area (Å²) in [6.07, 6.45) is -4.75. The van der Waals surface area contributed by atoms with Crippen LogP contribution in [0.5, 0.6) is 0 Å². The first-order chi connectivity index (χ1) is 19.2. The quantitative estimate of drug-likeness (QED) is 0.300. The fourth-order valence-corrected chi connectivity index (χ4v) is 5.55. The van der Waals surface area contributed by atoms with E-state index in [0.717, 1.165) is 17.0 Å². The SMILES string of the molecule is CC(C)CNC(=O)[C@@H](C)N(Cc1ccccc1Cl)C(=O)CN(c1cccc(C(F)(F)F)c1)S(=O)(=O)c1ccccc1. The Bertz CT molecular complexity index is 1470. The van der Waals surface area contributed by atoms with Crippen molar-refractivity contribution in [3.05, 3.63) is 95.0 Å². The third-order valence-electron chi connectivity index (χ3n) is 6.22. The average molecular weight is 610 g/mol. The number of hydrogen-bond acceptors (Lipinski definition) is 4. The van der Waals surface area contributed by atoms with Crippen LogP contribution in [0.3, 0.4) is 0 Å². The number of amides is 2. The second-order valence-electron chi connectivity index (χ2n) is 9.80. The Kier molecular flexibility index (Phi) is 10.4. The van der Waals surface area contributed by atoms with E-state index in [0.29, 0.717) is 27.5 Å². The molecule has 0 aliphatic rings. The van der Waals surface area contributed by atoms with Crippen molar-refractivity contribution in [3.8, 4) is 0 Å². The molecule has 3 rings (SSSR count). The summed E-state index contributed by atoms with van der Waals surface area (Å²) in [4.78, 5) is 27.8. The van der Waals surface area contributed by atoms with Gasteiger partial charge in [-0.2, -0.15) is 13.2 Å². The van der Waals surface area contributed by atoms with Crippen LogP contribution in [-0.4, -0.2) is 44.3 Å². The van der Waals surface area contributed by atoms with E-state index in [1.807, 2.05) is 13.8 Å². The van der Waals surface area contributed by atoms with E-state index < -0.39 is 46.2 Å². The lowest BCUT2D eigenvalue weighted by Gasteiger charge is -2.32. The van der Waals surface area contributed by atoms with Gasteiger partial charge in [-0.3, -0.25) is 13.9 Å². The Morgan fingerprint density at radius 2 is 1.56 bits per heavy atom. The van der Waals surface area contributed by atoms with Crippen molar-refractivity contribution in [1.82, 2.24) is 10.2 Å². The van der Waals surface area contributed by atoms with Gasteiger partial charge in [-0.1, -0.05) is 67.9 Å². The van der Waals surface area contributed by atoms with E-state index >= 15 is 0 Å². The van der Waals surface area contributed by atoms with Gasteiger partial charge in [0.25, 0.3) is 10.0 Å². The number of anilines is 1. The molecule has 0 aliphatic heterocycles. The van der Waals surface area contributed by atoms with E-state index in [1.54, 1.807) is 30.3 Å². The highest BCUT2D eigenvalue weighted by molar-refractivity contribution is 7.92. The number of sulfonamides is 1. The zero-order valence-corrected chi connectivity index (χ0v) is 24.3. The first kappa shape index (κ1) is 32.0. The van der Waals surface area contributed by atoms with Crippen molar-refractivity contribution in [3.63, 3.8) is 0 Å². The highest BCUT2D eigenvalue weighted by Gasteiger charge is 2.35. The zero-order chi connectivity index (χ0) is 30.4. The van der Waals surface area contributed by atoms with Gasteiger partial charge in [0.15, 0.2) is 0 Å². The standard InChI is InChI=1S/C29H31ClF3N3O4S/c1-20(2)17-34-28(38)21(3)35(18-22-10-7-8-15-26(22)30)27(37)19-36(41(39,40)25-13-5-4-6-14-25)24-12-9-11-23(16-24)29(31,32)33/h4-16,20-21H,17-19H2,1-3H3,(H,34,38)/t21-/m1/s1. The Labute approximate surface area is 243 Å². The largest absolute Gasteiger partial charge is 0.416 e. The minimum atomic E-state index is -4.75. The summed E-state index contributed by atoms with van der Waals surface area (Å²) in [5.41, 5.74) is -0.931. The van der Waals surface area contributed by atoms with Gasteiger partial charge in [0.1, 0.15) is 12.6 Å². The van der Waals surface area contributed by atoms with Gasteiger partial charge < -0.3 is 10.2 Å². The molecule has 12 heteroatoms. The topological polar surface area (TPSA) is 86.8 Å². The summed E-state index contributed by atoms with van der Waals surface area (Å²) in [5.74, 6) is -1.16. The van der Waals surface area contributed by atoms with Crippen molar-refractivity contribution in [1.29, 1.82) is 0 Å². The van der Waals surface area contributed by atoms with E-state index in [1.165, 1.54) is 37.3 Å². The van der Waals surface area contributed by atoms with Gasteiger partial charge >= 0.3 is 6.18 Å². The summed E-state index contributed by atoms with van der Waals surface area (Å²) in [5, 5.41) is 3.09. The number of carbonyl (C=O) groups is 2. The molecular formula is C29H31ClF3N3O4S. The Hall–Kier alpha value is -3.57. The minimum Gasteiger partial charge on any atom is -0.354 e. The smallest absolute Gasteiger partial charge is 0.354 e. The number of benzene rings is 3. The molecule has 0 heterocycles. The van der Waals surface area contributed by atoms with E-state index in [-0.39, 0.29) is 23.0 Å². The van der Waals surface area contributed by atoms with Crippen LogP contribution in [0, 0.1) is 5.92 Å². The fourth-order valence-electron chi connectivity index (χ4n) is 3.93. The first-order valence-electron chi connectivity index (χ1n) is 12.8. The maximum atomic E-state index is 13.9. The van der Waals surface area contributed by atoms with E-state index in [4.69, 9.17) is 11.6 Å². The predicted molar refractivity (Wildman–Crippen MR) is 152 cm³/mol. The summed E-state index contributed by atoms with van der Waals surface area (Å²) in [7, 11) is -4.50. The van der Waals surface area contributed by atoms with Gasteiger partial charge in [-0.05, 0) is 54.8 Å². The minimum absolute atomic E-state index is 0.131. The number of rotatable bonds is 11. The number of nitrogens with one attached hydrogen (secondary N) is 1. The number of alkyl halides is 3. The van der Waals surface area contributed by atoms with Gasteiger partial charge in [0.05, 0.1) is 16.1 Å². The lowest BCUT2D eigenvalue weighted by molar-refractivity contribution is -0.139. The maximum Gasteiger partial charge on any atom is 0.416 e. The zero-order valence-electron chi connectivity index (χ0n) is 22.7. The van der Waals surface area contributed by atoms with Crippen molar-refractivity contribution < 1.29 is 31.2 Å². The van der Waals surface area contributed by atoms with Crippen LogP contribution >= 0.6 is 11.6 Å². The Morgan fingerprint density at radius 1 is 0.927 bits per heavy atom. The third-order valence-corrected chi connectivity index (χ3v) is 8.38. The monoisotopic (exact) mass is 609 g/mol. The molecule has 0 fully saturated rings. The number of hydrogen-bond donors (Lipinski definition) is 1. The van der Waals surface area contributed by atoms with Crippen molar-refractivity contribution in [2.75, 3.05) is 17.4 Å². The summed E-state index contributed by atoms with van der Waals surface area (Å²) >= 11 is 6.32. The highest BCUT2D eigenvalue weighted by atomic mass is 35.5. The van der Waals surface area contributed by atoms with Crippen LogP contribution < -0.4 is 9.62 Å². The molecule has 0 saturated carbocycles. The van der Waals surface area contributed by atoms with Gasteiger partial charge in [-0.15, -0.1) is 0 Å². The molecule has 0 aliphatic carbocycles. The van der Waals surface area contributed by atoms with Crippen LogP contribution in [0.1, 0.15) is 31.9 Å². The second kappa shape index (κ2) is 13.4.